The zero-order chi connectivity index (χ0) is 6.57. The summed E-state index contributed by atoms with van der Waals surface area (Å²) in [5.41, 5.74) is 0. The number of allylic oxidation sites excluding steroid dienone is 1. The van der Waals surface area contributed by atoms with Crippen LogP contribution in [0.2, 0.25) is 0 Å². The molecule has 0 fully saturated rings. The molecule has 3 nitrogen and oxygen atoms in total. The van der Waals surface area contributed by atoms with Gasteiger partial charge >= 0.3 is 0 Å². The molecule has 0 aromatic heterocycles. The van der Waals surface area contributed by atoms with Crippen LogP contribution in [-0.4, -0.2) is 17.9 Å². The van der Waals surface area contributed by atoms with E-state index in [-0.39, 0.29) is 6.29 Å². The van der Waals surface area contributed by atoms with E-state index < -0.39 is 11.6 Å². The van der Waals surface area contributed by atoms with E-state index in [1.807, 2.05) is 0 Å². The van der Waals surface area contributed by atoms with Crippen LogP contribution in [0.1, 0.15) is 0 Å². The Hall–Kier alpha value is -1.25. The Kier molecular flexibility index (Phi) is 2.40. The Bertz CT molecular complexity index is 128. The highest BCUT2D eigenvalue weighted by Gasteiger charge is 2.05. The van der Waals surface area contributed by atoms with Crippen molar-refractivity contribution >= 4 is 17.9 Å². The number of carbonyl (C=O) groups excluding carboxylic acids is 3. The fraction of sp³-hybridized carbons (Fsp3) is 0. The molecule has 0 atom stereocenters. The molecule has 0 bridgehead atoms. The van der Waals surface area contributed by atoms with E-state index >= 15 is 0 Å². The maximum atomic E-state index is 10.0. The number of hydrogen-bond acceptors (Lipinski definition) is 3. The van der Waals surface area contributed by atoms with Crippen LogP contribution in [-0.2, 0) is 14.4 Å². The number of Topliss-reactive ketones (excluding diaryl/α,β-unsaturated/α-hetero) is 1. The summed E-state index contributed by atoms with van der Waals surface area (Å²) < 4.78 is 0. The Morgan fingerprint density at radius 1 is 1.25 bits per heavy atom. The summed E-state index contributed by atoms with van der Waals surface area (Å²) in [5.74, 6) is -1.92. The van der Waals surface area contributed by atoms with Crippen LogP contribution in [0.25, 0.3) is 0 Å². The molecule has 3 heteroatoms. The fourth-order valence-electron chi connectivity index (χ4n) is 0.159. The van der Waals surface area contributed by atoms with Crippen LogP contribution in [0.5, 0.6) is 0 Å². The standard InChI is InChI=1S/C5H4O3/c1-2-4(7)5(8)3-6/h2-3H,1H2. The SMILES string of the molecule is C=CC(=O)C(=O)C=O. The fourth-order valence-corrected chi connectivity index (χ4v) is 0.159. The van der Waals surface area contributed by atoms with Gasteiger partial charge in [0.2, 0.25) is 5.78 Å². The molecule has 0 unspecified atom stereocenters. The van der Waals surface area contributed by atoms with Gasteiger partial charge in [-0.2, -0.15) is 0 Å². The largest absolute Gasteiger partial charge is 0.294 e. The van der Waals surface area contributed by atoms with Gasteiger partial charge in [0.05, 0.1) is 0 Å². The molecule has 0 aliphatic rings. The molecule has 0 rings (SSSR count). The van der Waals surface area contributed by atoms with Gasteiger partial charge in [-0.3, -0.25) is 14.4 Å². The molecule has 8 heavy (non-hydrogen) atoms. The molecule has 0 spiro atoms. The number of rotatable bonds is 3. The maximum absolute atomic E-state index is 10.0. The van der Waals surface area contributed by atoms with Crippen LogP contribution in [0, 0.1) is 0 Å². The molecule has 0 aromatic rings. The molecule has 0 N–H and O–H groups in total. The lowest BCUT2D eigenvalue weighted by Crippen LogP contribution is -2.10. The van der Waals surface area contributed by atoms with Crippen molar-refractivity contribution in [1.82, 2.24) is 0 Å². The van der Waals surface area contributed by atoms with E-state index in [4.69, 9.17) is 0 Å². The summed E-state index contributed by atoms with van der Waals surface area (Å²) in [7, 11) is 0. The molecule has 0 radical (unpaired) electrons. The van der Waals surface area contributed by atoms with Crippen molar-refractivity contribution < 1.29 is 14.4 Å². The first-order valence-corrected chi connectivity index (χ1v) is 1.88. The van der Waals surface area contributed by atoms with E-state index in [0.29, 0.717) is 0 Å². The molecule has 0 aromatic carbocycles. The van der Waals surface area contributed by atoms with Crippen molar-refractivity contribution in [3.8, 4) is 0 Å². The number of hydrogen-bond donors (Lipinski definition) is 0. The van der Waals surface area contributed by atoms with Gasteiger partial charge in [-0.25, -0.2) is 0 Å². The zero-order valence-electron chi connectivity index (χ0n) is 4.09. The van der Waals surface area contributed by atoms with E-state index in [0.717, 1.165) is 6.08 Å². The van der Waals surface area contributed by atoms with Gasteiger partial charge in [-0.15, -0.1) is 0 Å². The Morgan fingerprint density at radius 2 is 1.75 bits per heavy atom. The lowest BCUT2D eigenvalue weighted by Gasteiger charge is -1.75. The molecule has 0 aliphatic heterocycles. The van der Waals surface area contributed by atoms with Crippen LogP contribution in [0.3, 0.4) is 0 Å². The third kappa shape index (κ3) is 1.47. The molecular formula is C5H4O3. The number of ketones is 2. The summed E-state index contributed by atoms with van der Waals surface area (Å²) in [4.78, 5) is 29.5. The van der Waals surface area contributed by atoms with Gasteiger partial charge < -0.3 is 0 Å². The maximum Gasteiger partial charge on any atom is 0.265 e. The minimum Gasteiger partial charge on any atom is -0.294 e. The van der Waals surface area contributed by atoms with Gasteiger partial charge in [0.25, 0.3) is 5.78 Å². The highest BCUT2D eigenvalue weighted by atomic mass is 16.2. The van der Waals surface area contributed by atoms with Gasteiger partial charge in [0.1, 0.15) is 0 Å². The summed E-state index contributed by atoms with van der Waals surface area (Å²) in [5, 5.41) is 0. The second-order valence-electron chi connectivity index (χ2n) is 1.05. The van der Waals surface area contributed by atoms with E-state index in [2.05, 4.69) is 6.58 Å². The van der Waals surface area contributed by atoms with Crippen molar-refractivity contribution in [2.75, 3.05) is 0 Å². The Balaban J connectivity index is 4.02. The first kappa shape index (κ1) is 6.75. The molecule has 42 valence electrons. The van der Waals surface area contributed by atoms with Crippen molar-refractivity contribution in [2.24, 2.45) is 0 Å². The number of aldehydes is 1. The molecule has 0 saturated carbocycles. The smallest absolute Gasteiger partial charge is 0.265 e. The van der Waals surface area contributed by atoms with Crippen LogP contribution < -0.4 is 0 Å². The van der Waals surface area contributed by atoms with E-state index in [1.54, 1.807) is 0 Å². The quantitative estimate of drug-likeness (QED) is 0.214. The molecule has 0 saturated heterocycles. The van der Waals surface area contributed by atoms with Crippen molar-refractivity contribution in [3.63, 3.8) is 0 Å². The highest BCUT2D eigenvalue weighted by molar-refractivity contribution is 6.60. The van der Waals surface area contributed by atoms with Crippen LogP contribution in [0.4, 0.5) is 0 Å². The van der Waals surface area contributed by atoms with Crippen LogP contribution >= 0.6 is 0 Å². The third-order valence-electron chi connectivity index (χ3n) is 0.535. The third-order valence-corrected chi connectivity index (χ3v) is 0.535. The molecule has 0 heterocycles. The van der Waals surface area contributed by atoms with Gasteiger partial charge in [-0.1, -0.05) is 6.58 Å². The predicted octanol–water partition coefficient (Wildman–Crippen LogP) is -0.491. The molecule has 0 aliphatic carbocycles. The zero-order valence-corrected chi connectivity index (χ0v) is 4.09. The monoisotopic (exact) mass is 112 g/mol. The summed E-state index contributed by atoms with van der Waals surface area (Å²) in [6.07, 6.45) is 0.765. The lowest BCUT2D eigenvalue weighted by atomic mass is 10.3. The van der Waals surface area contributed by atoms with Crippen molar-refractivity contribution in [1.29, 1.82) is 0 Å². The van der Waals surface area contributed by atoms with Gasteiger partial charge in [0.15, 0.2) is 6.29 Å². The van der Waals surface area contributed by atoms with E-state index in [9.17, 15) is 14.4 Å². The first-order chi connectivity index (χ1) is 3.72. The van der Waals surface area contributed by atoms with Gasteiger partial charge in [0, 0.05) is 0 Å². The summed E-state index contributed by atoms with van der Waals surface area (Å²) in [6.45, 7) is 3.00. The normalized spacial score (nSPS) is 7.50. The Morgan fingerprint density at radius 3 is 1.88 bits per heavy atom. The predicted molar refractivity (Wildman–Crippen MR) is 26.3 cm³/mol. The molecular weight excluding hydrogens is 108 g/mol. The highest BCUT2D eigenvalue weighted by Crippen LogP contribution is 1.70. The lowest BCUT2D eigenvalue weighted by molar-refractivity contribution is -0.138. The van der Waals surface area contributed by atoms with Crippen molar-refractivity contribution in [2.45, 2.75) is 0 Å². The second kappa shape index (κ2) is 2.85. The average molecular weight is 112 g/mol. The van der Waals surface area contributed by atoms with E-state index in [1.165, 1.54) is 0 Å². The first-order valence-electron chi connectivity index (χ1n) is 1.88. The second-order valence-corrected chi connectivity index (χ2v) is 1.05. The minimum atomic E-state index is -1.06. The summed E-state index contributed by atoms with van der Waals surface area (Å²) >= 11 is 0. The Labute approximate surface area is 46.0 Å². The number of carbonyl (C=O) groups is 3. The van der Waals surface area contributed by atoms with Gasteiger partial charge in [-0.05, 0) is 6.08 Å². The van der Waals surface area contributed by atoms with Crippen LogP contribution in [0.15, 0.2) is 12.7 Å². The topological polar surface area (TPSA) is 51.2 Å². The average Bonchev–Trinajstić information content (AvgIpc) is 1.84. The molecule has 0 amide bonds. The minimum absolute atomic E-state index is 0.0377. The summed E-state index contributed by atoms with van der Waals surface area (Å²) in [6, 6.07) is 0. The van der Waals surface area contributed by atoms with Crippen molar-refractivity contribution in [3.05, 3.63) is 12.7 Å².